The van der Waals surface area contributed by atoms with E-state index >= 15 is 0 Å². The minimum atomic E-state index is -0.276. The zero-order chi connectivity index (χ0) is 23.1. The third-order valence-corrected chi connectivity index (χ3v) is 4.69. The van der Waals surface area contributed by atoms with Crippen molar-refractivity contribution in [2.75, 3.05) is 14.2 Å². The molecule has 0 spiro atoms. The fraction of sp³-hybridized carbons (Fsp3) is 0.0769. The van der Waals surface area contributed by atoms with E-state index in [-0.39, 0.29) is 23.1 Å². The normalized spacial score (nSPS) is 11.1. The zero-order valence-corrected chi connectivity index (χ0v) is 17.6. The summed E-state index contributed by atoms with van der Waals surface area (Å²) in [5.41, 5.74) is 2.06. The van der Waals surface area contributed by atoms with E-state index in [0.29, 0.717) is 33.8 Å². The molecule has 0 unspecified atom stereocenters. The van der Waals surface area contributed by atoms with Gasteiger partial charge in [0.2, 0.25) is 0 Å². The van der Waals surface area contributed by atoms with Crippen molar-refractivity contribution in [1.82, 2.24) is 0 Å². The molecule has 32 heavy (non-hydrogen) atoms. The van der Waals surface area contributed by atoms with E-state index in [1.165, 1.54) is 44.6 Å². The number of phenolic OH excluding ortho intramolecular Hbond substituents is 2. The molecule has 0 aromatic heterocycles. The number of benzene rings is 3. The van der Waals surface area contributed by atoms with Crippen LogP contribution in [0.4, 0.5) is 0 Å². The maximum absolute atomic E-state index is 12.6. The van der Waals surface area contributed by atoms with Crippen LogP contribution in [0.25, 0.3) is 12.2 Å². The molecule has 6 nitrogen and oxygen atoms in total. The number of ether oxygens (including phenoxy) is 2. The first-order valence-corrected chi connectivity index (χ1v) is 9.70. The standard InChI is InChI=1S/C26H22O6/c1-31-25-13-9-17(14-24(25)30)6-10-21(27)19-4-3-5-20(16-19)22(28)11-7-18-8-12-23(29)26(15-18)32-2/h3-16,29-30H,1-2H3/b10-6+,11-7+. The van der Waals surface area contributed by atoms with Gasteiger partial charge in [-0.05, 0) is 53.6 Å². The molecule has 0 saturated heterocycles. The molecule has 3 aromatic rings. The number of hydrogen-bond acceptors (Lipinski definition) is 6. The minimum absolute atomic E-state index is 0.0140. The van der Waals surface area contributed by atoms with Crippen LogP contribution in [-0.2, 0) is 0 Å². The van der Waals surface area contributed by atoms with Gasteiger partial charge in [0.1, 0.15) is 0 Å². The minimum Gasteiger partial charge on any atom is -0.504 e. The van der Waals surface area contributed by atoms with E-state index in [2.05, 4.69) is 0 Å². The highest BCUT2D eigenvalue weighted by Crippen LogP contribution is 2.27. The summed E-state index contributed by atoms with van der Waals surface area (Å²) in [6, 6.07) is 16.0. The average molecular weight is 430 g/mol. The summed E-state index contributed by atoms with van der Waals surface area (Å²) >= 11 is 0. The molecule has 0 aliphatic carbocycles. The molecule has 0 heterocycles. The Morgan fingerprint density at radius 1 is 0.688 bits per heavy atom. The van der Waals surface area contributed by atoms with Gasteiger partial charge in [0, 0.05) is 11.1 Å². The van der Waals surface area contributed by atoms with Crippen LogP contribution in [0.3, 0.4) is 0 Å². The van der Waals surface area contributed by atoms with E-state index < -0.39 is 0 Å². The summed E-state index contributed by atoms with van der Waals surface area (Å²) in [6.45, 7) is 0. The van der Waals surface area contributed by atoms with Gasteiger partial charge in [-0.1, -0.05) is 42.5 Å². The van der Waals surface area contributed by atoms with Crippen molar-refractivity contribution >= 4 is 23.7 Å². The second-order valence-electron chi connectivity index (χ2n) is 6.84. The van der Waals surface area contributed by atoms with E-state index in [1.54, 1.807) is 54.6 Å². The van der Waals surface area contributed by atoms with Crippen LogP contribution < -0.4 is 9.47 Å². The van der Waals surface area contributed by atoms with Crippen LogP contribution in [0.1, 0.15) is 31.8 Å². The lowest BCUT2D eigenvalue weighted by molar-refractivity contribution is 0.104. The summed E-state index contributed by atoms with van der Waals surface area (Å²) < 4.78 is 10.1. The fourth-order valence-corrected chi connectivity index (χ4v) is 2.97. The first-order chi connectivity index (χ1) is 15.4. The lowest BCUT2D eigenvalue weighted by Gasteiger charge is -2.04. The predicted octanol–water partition coefficient (Wildman–Crippen LogP) is 4.91. The maximum Gasteiger partial charge on any atom is 0.185 e. The van der Waals surface area contributed by atoms with Crippen LogP contribution in [0.15, 0.2) is 72.8 Å². The largest absolute Gasteiger partial charge is 0.504 e. The summed E-state index contributed by atoms with van der Waals surface area (Å²) in [4.78, 5) is 25.1. The number of hydrogen-bond donors (Lipinski definition) is 2. The molecule has 0 fully saturated rings. The molecular formula is C26H22O6. The maximum atomic E-state index is 12.6. The van der Waals surface area contributed by atoms with Gasteiger partial charge >= 0.3 is 0 Å². The zero-order valence-electron chi connectivity index (χ0n) is 17.6. The molecule has 2 N–H and O–H groups in total. The monoisotopic (exact) mass is 430 g/mol. The number of methoxy groups -OCH3 is 2. The topological polar surface area (TPSA) is 93.1 Å². The molecule has 0 aliphatic heterocycles. The number of rotatable bonds is 8. The third-order valence-electron chi connectivity index (χ3n) is 4.69. The molecule has 162 valence electrons. The quantitative estimate of drug-likeness (QED) is 0.390. The first-order valence-electron chi connectivity index (χ1n) is 9.70. The molecule has 0 bridgehead atoms. The first kappa shape index (κ1) is 22.4. The molecule has 0 aliphatic rings. The number of carbonyl (C=O) groups is 2. The lowest BCUT2D eigenvalue weighted by Crippen LogP contribution is -1.99. The smallest absolute Gasteiger partial charge is 0.185 e. The van der Waals surface area contributed by atoms with Gasteiger partial charge in [0.15, 0.2) is 34.6 Å². The number of allylic oxidation sites excluding steroid dienone is 2. The van der Waals surface area contributed by atoms with Crippen molar-refractivity contribution < 1.29 is 29.3 Å². The molecule has 0 atom stereocenters. The predicted molar refractivity (Wildman–Crippen MR) is 122 cm³/mol. The van der Waals surface area contributed by atoms with Gasteiger partial charge in [-0.3, -0.25) is 9.59 Å². The van der Waals surface area contributed by atoms with Crippen LogP contribution in [0.2, 0.25) is 0 Å². The van der Waals surface area contributed by atoms with Crippen LogP contribution in [0, 0.1) is 0 Å². The molecule has 0 amide bonds. The van der Waals surface area contributed by atoms with Gasteiger partial charge in [0.05, 0.1) is 14.2 Å². The van der Waals surface area contributed by atoms with E-state index in [9.17, 15) is 19.8 Å². The number of ketones is 2. The number of phenols is 2. The van der Waals surface area contributed by atoms with Gasteiger partial charge in [-0.2, -0.15) is 0 Å². The van der Waals surface area contributed by atoms with Crippen LogP contribution >= 0.6 is 0 Å². The van der Waals surface area contributed by atoms with E-state index in [0.717, 1.165) is 0 Å². The van der Waals surface area contributed by atoms with Crippen LogP contribution in [0.5, 0.6) is 23.0 Å². The van der Waals surface area contributed by atoms with Crippen molar-refractivity contribution in [3.8, 4) is 23.0 Å². The summed E-state index contributed by atoms with van der Waals surface area (Å²) in [6.07, 6.45) is 5.96. The second kappa shape index (κ2) is 10.1. The van der Waals surface area contributed by atoms with E-state index in [1.807, 2.05) is 0 Å². The average Bonchev–Trinajstić information content (AvgIpc) is 2.82. The van der Waals surface area contributed by atoms with Crippen molar-refractivity contribution in [1.29, 1.82) is 0 Å². The van der Waals surface area contributed by atoms with Gasteiger partial charge in [-0.25, -0.2) is 0 Å². The Hall–Kier alpha value is -4.32. The third kappa shape index (κ3) is 5.43. The SMILES string of the molecule is COc1ccc(/C=C/C(=O)c2cccc(C(=O)/C=C/c3ccc(O)c(OC)c3)c2)cc1O. The molecule has 0 saturated carbocycles. The number of carbonyl (C=O) groups excluding carboxylic acids is 2. The second-order valence-corrected chi connectivity index (χ2v) is 6.84. The Balaban J connectivity index is 1.73. The van der Waals surface area contributed by atoms with E-state index in [4.69, 9.17) is 9.47 Å². The Kier molecular flexibility index (Phi) is 7.08. The fourth-order valence-electron chi connectivity index (χ4n) is 2.97. The van der Waals surface area contributed by atoms with Crippen molar-refractivity contribution in [2.24, 2.45) is 0 Å². The van der Waals surface area contributed by atoms with Crippen molar-refractivity contribution in [2.45, 2.75) is 0 Å². The molecular weight excluding hydrogens is 408 g/mol. The lowest BCUT2D eigenvalue weighted by atomic mass is 10.0. The highest BCUT2D eigenvalue weighted by Gasteiger charge is 2.08. The van der Waals surface area contributed by atoms with Gasteiger partial charge in [-0.15, -0.1) is 0 Å². The highest BCUT2D eigenvalue weighted by molar-refractivity contribution is 6.11. The Labute approximate surface area is 185 Å². The molecule has 0 radical (unpaired) electrons. The molecule has 6 heteroatoms. The van der Waals surface area contributed by atoms with Crippen molar-refractivity contribution in [3.05, 3.63) is 95.1 Å². The summed E-state index contributed by atoms with van der Waals surface area (Å²) in [5, 5.41) is 19.5. The number of aromatic hydroxyl groups is 2. The highest BCUT2D eigenvalue weighted by atomic mass is 16.5. The summed E-state index contributed by atoms with van der Waals surface area (Å²) in [5.74, 6) is 0.105. The summed E-state index contributed by atoms with van der Waals surface area (Å²) in [7, 11) is 2.90. The van der Waals surface area contributed by atoms with Gasteiger partial charge in [0.25, 0.3) is 0 Å². The molecule has 3 rings (SSSR count). The van der Waals surface area contributed by atoms with Gasteiger partial charge < -0.3 is 19.7 Å². The Morgan fingerprint density at radius 2 is 1.25 bits per heavy atom. The molecule has 3 aromatic carbocycles. The Morgan fingerprint density at radius 3 is 1.81 bits per heavy atom. The van der Waals surface area contributed by atoms with Crippen molar-refractivity contribution in [3.63, 3.8) is 0 Å². The van der Waals surface area contributed by atoms with Crippen LogP contribution in [-0.4, -0.2) is 36.0 Å². The Bertz CT molecular complexity index is 1210.